The predicted molar refractivity (Wildman–Crippen MR) is 136 cm³/mol. The number of benzene rings is 1. The highest BCUT2D eigenvalue weighted by Gasteiger charge is 2.23. The lowest BCUT2D eigenvalue weighted by atomic mass is 10.0. The number of aryl methyl sites for hydroxylation is 3. The van der Waals surface area contributed by atoms with E-state index >= 15 is 0 Å². The van der Waals surface area contributed by atoms with Crippen LogP contribution in [0.4, 0.5) is 0 Å². The summed E-state index contributed by atoms with van der Waals surface area (Å²) in [6, 6.07) is 9.33. The molecule has 1 aromatic heterocycles. The van der Waals surface area contributed by atoms with Crippen molar-refractivity contribution in [3.8, 4) is 0 Å². The minimum atomic E-state index is 0. The molecule has 0 spiro atoms. The highest BCUT2D eigenvalue weighted by atomic mass is 127. The molecule has 6 nitrogen and oxygen atoms in total. The number of nitrogens with one attached hydrogen (secondary N) is 2. The van der Waals surface area contributed by atoms with Crippen LogP contribution in [0.2, 0.25) is 0 Å². The number of halogens is 1. The Morgan fingerprint density at radius 1 is 1.10 bits per heavy atom. The second-order valence-corrected chi connectivity index (χ2v) is 8.02. The lowest BCUT2D eigenvalue weighted by Crippen LogP contribution is -2.42. The van der Waals surface area contributed by atoms with Gasteiger partial charge in [-0.3, -0.25) is 9.58 Å². The number of likely N-dealkylation sites (tertiary alicyclic amines) is 1. The first-order chi connectivity index (χ1) is 14.0. The molecule has 7 heteroatoms. The zero-order valence-corrected chi connectivity index (χ0v) is 21.4. The Bertz CT molecular complexity index is 821. The summed E-state index contributed by atoms with van der Waals surface area (Å²) >= 11 is 0. The third-order valence-corrected chi connectivity index (χ3v) is 5.90. The van der Waals surface area contributed by atoms with Crippen LogP contribution in [0.25, 0.3) is 0 Å². The van der Waals surface area contributed by atoms with Gasteiger partial charge >= 0.3 is 0 Å². The Kier molecular flexibility index (Phi) is 9.61. The van der Waals surface area contributed by atoms with Gasteiger partial charge < -0.3 is 10.6 Å². The standard InChI is InChI=1S/C23H36N6.HI/c1-6-24-23(25-15-21-18(3)27-28(5)19(21)4)26-16-22(29-13-7-8-14-29)20-11-9-17(2)10-12-20;/h9-12,22H,6-8,13-16H2,1-5H3,(H2,24,25,26);1H. The molecule has 0 bridgehead atoms. The number of nitrogens with zero attached hydrogens (tertiary/aromatic N) is 4. The SMILES string of the molecule is CCNC(=NCc1c(C)nn(C)c1C)NCC(c1ccc(C)cc1)N1CCCC1.I. The van der Waals surface area contributed by atoms with Crippen molar-refractivity contribution in [3.63, 3.8) is 0 Å². The number of hydrogen-bond donors (Lipinski definition) is 2. The molecule has 30 heavy (non-hydrogen) atoms. The number of hydrogen-bond acceptors (Lipinski definition) is 3. The van der Waals surface area contributed by atoms with Crippen LogP contribution in [0.15, 0.2) is 29.3 Å². The van der Waals surface area contributed by atoms with E-state index in [4.69, 9.17) is 4.99 Å². The van der Waals surface area contributed by atoms with Crippen molar-refractivity contribution < 1.29 is 0 Å². The van der Waals surface area contributed by atoms with Crippen LogP contribution in [0.5, 0.6) is 0 Å². The first-order valence-electron chi connectivity index (χ1n) is 10.8. The van der Waals surface area contributed by atoms with Gasteiger partial charge in [0, 0.05) is 31.4 Å². The molecule has 0 amide bonds. The molecule has 166 valence electrons. The number of aliphatic imine (C=N–C) groups is 1. The van der Waals surface area contributed by atoms with Crippen molar-refractivity contribution in [3.05, 3.63) is 52.3 Å². The van der Waals surface area contributed by atoms with E-state index in [9.17, 15) is 0 Å². The Balaban J connectivity index is 0.00000320. The first-order valence-corrected chi connectivity index (χ1v) is 10.8. The van der Waals surface area contributed by atoms with E-state index in [0.29, 0.717) is 12.6 Å². The van der Waals surface area contributed by atoms with Crippen molar-refractivity contribution >= 4 is 29.9 Å². The van der Waals surface area contributed by atoms with E-state index in [0.717, 1.165) is 24.7 Å². The van der Waals surface area contributed by atoms with Crippen molar-refractivity contribution in [1.82, 2.24) is 25.3 Å². The van der Waals surface area contributed by atoms with Gasteiger partial charge in [-0.15, -0.1) is 24.0 Å². The number of rotatable bonds is 7. The van der Waals surface area contributed by atoms with Crippen molar-refractivity contribution in [1.29, 1.82) is 0 Å². The number of aromatic nitrogens is 2. The van der Waals surface area contributed by atoms with Crippen LogP contribution in [0.3, 0.4) is 0 Å². The second kappa shape index (κ2) is 11.7. The van der Waals surface area contributed by atoms with Crippen LogP contribution in [0, 0.1) is 20.8 Å². The van der Waals surface area contributed by atoms with Crippen LogP contribution in [-0.4, -0.2) is 46.8 Å². The van der Waals surface area contributed by atoms with Crippen LogP contribution >= 0.6 is 24.0 Å². The normalized spacial score (nSPS) is 15.7. The van der Waals surface area contributed by atoms with E-state index in [-0.39, 0.29) is 24.0 Å². The molecule has 1 saturated heterocycles. The monoisotopic (exact) mass is 524 g/mol. The molecule has 0 aliphatic carbocycles. The first kappa shape index (κ1) is 24.7. The molecule has 0 radical (unpaired) electrons. The summed E-state index contributed by atoms with van der Waals surface area (Å²) in [6.45, 7) is 13.1. The molecular weight excluding hydrogens is 487 g/mol. The van der Waals surface area contributed by atoms with E-state index in [1.54, 1.807) is 0 Å². The zero-order chi connectivity index (χ0) is 20.8. The maximum Gasteiger partial charge on any atom is 0.191 e. The van der Waals surface area contributed by atoms with Crippen LogP contribution < -0.4 is 10.6 Å². The van der Waals surface area contributed by atoms with Gasteiger partial charge in [0.25, 0.3) is 0 Å². The fourth-order valence-corrected chi connectivity index (χ4v) is 4.04. The molecule has 1 fully saturated rings. The molecule has 1 aliphatic rings. The summed E-state index contributed by atoms with van der Waals surface area (Å²) in [5.41, 5.74) is 6.12. The minimum absolute atomic E-state index is 0. The van der Waals surface area contributed by atoms with Crippen LogP contribution in [0.1, 0.15) is 53.9 Å². The van der Waals surface area contributed by atoms with Gasteiger partial charge in [-0.2, -0.15) is 5.10 Å². The Morgan fingerprint density at radius 2 is 1.77 bits per heavy atom. The van der Waals surface area contributed by atoms with Gasteiger partial charge in [0.2, 0.25) is 0 Å². The number of guanidine groups is 1. The van der Waals surface area contributed by atoms with E-state index in [1.165, 1.54) is 48.3 Å². The fourth-order valence-electron chi connectivity index (χ4n) is 4.04. The highest BCUT2D eigenvalue weighted by molar-refractivity contribution is 14.0. The van der Waals surface area contributed by atoms with Crippen molar-refractivity contribution in [2.24, 2.45) is 12.0 Å². The smallest absolute Gasteiger partial charge is 0.191 e. The molecule has 1 aromatic carbocycles. The van der Waals surface area contributed by atoms with Gasteiger partial charge in [0.1, 0.15) is 0 Å². The molecule has 2 heterocycles. The minimum Gasteiger partial charge on any atom is -0.357 e. The fraction of sp³-hybridized carbons (Fsp3) is 0.565. The third kappa shape index (κ3) is 6.20. The van der Waals surface area contributed by atoms with E-state index < -0.39 is 0 Å². The van der Waals surface area contributed by atoms with Crippen molar-refractivity contribution in [2.45, 2.75) is 53.1 Å². The molecule has 2 aromatic rings. The summed E-state index contributed by atoms with van der Waals surface area (Å²) in [7, 11) is 1.99. The zero-order valence-electron chi connectivity index (χ0n) is 19.0. The Morgan fingerprint density at radius 3 is 2.33 bits per heavy atom. The summed E-state index contributed by atoms with van der Waals surface area (Å²) in [6.07, 6.45) is 2.58. The van der Waals surface area contributed by atoms with Gasteiger partial charge in [-0.05, 0) is 59.2 Å². The summed E-state index contributed by atoms with van der Waals surface area (Å²) in [5, 5.41) is 11.5. The second-order valence-electron chi connectivity index (χ2n) is 8.02. The molecule has 3 rings (SSSR count). The maximum absolute atomic E-state index is 4.85. The average Bonchev–Trinajstić information content (AvgIpc) is 3.31. The van der Waals surface area contributed by atoms with Gasteiger partial charge in [-0.25, -0.2) is 4.99 Å². The topological polar surface area (TPSA) is 57.5 Å². The quantitative estimate of drug-likeness (QED) is 0.328. The van der Waals surface area contributed by atoms with Crippen molar-refractivity contribution in [2.75, 3.05) is 26.2 Å². The highest BCUT2D eigenvalue weighted by Crippen LogP contribution is 2.25. The largest absolute Gasteiger partial charge is 0.357 e. The van der Waals surface area contributed by atoms with Crippen LogP contribution in [-0.2, 0) is 13.6 Å². The predicted octanol–water partition coefficient (Wildman–Crippen LogP) is 3.86. The van der Waals surface area contributed by atoms with Gasteiger partial charge in [0.15, 0.2) is 5.96 Å². The molecule has 1 unspecified atom stereocenters. The summed E-state index contributed by atoms with van der Waals surface area (Å²) in [5.74, 6) is 0.867. The molecule has 0 saturated carbocycles. The Labute approximate surface area is 198 Å². The third-order valence-electron chi connectivity index (χ3n) is 5.90. The average molecular weight is 524 g/mol. The summed E-state index contributed by atoms with van der Waals surface area (Å²) in [4.78, 5) is 7.44. The van der Waals surface area contributed by atoms with E-state index in [1.807, 2.05) is 11.7 Å². The van der Waals surface area contributed by atoms with Gasteiger partial charge in [-0.1, -0.05) is 29.8 Å². The lowest BCUT2D eigenvalue weighted by Gasteiger charge is -2.29. The van der Waals surface area contributed by atoms with E-state index in [2.05, 4.69) is 72.6 Å². The van der Waals surface area contributed by atoms with Gasteiger partial charge in [0.05, 0.1) is 18.3 Å². The lowest BCUT2D eigenvalue weighted by molar-refractivity contribution is 0.245. The maximum atomic E-state index is 4.85. The molecule has 1 atom stereocenters. The molecular formula is C23H37IN6. The molecule has 1 aliphatic heterocycles. The Hall–Kier alpha value is -1.61. The molecule has 2 N–H and O–H groups in total. The summed E-state index contributed by atoms with van der Waals surface area (Å²) < 4.78 is 1.93.